The molecule has 0 bridgehead atoms. The highest BCUT2D eigenvalue weighted by Crippen LogP contribution is 2.27. The topological polar surface area (TPSA) is 24.5 Å². The lowest BCUT2D eigenvalue weighted by molar-refractivity contribution is -0.0121. The maximum Gasteiger partial charge on any atom is 0.136 e. The summed E-state index contributed by atoms with van der Waals surface area (Å²) in [6.07, 6.45) is 3.81. The normalized spacial score (nSPS) is 27.2. The minimum absolute atomic E-state index is 0.258. The summed E-state index contributed by atoms with van der Waals surface area (Å²) in [6.45, 7) is 5.50. The minimum atomic E-state index is -1.07. The molecule has 0 aliphatic carbocycles. The van der Waals surface area contributed by atoms with E-state index >= 15 is 0 Å². The summed E-state index contributed by atoms with van der Waals surface area (Å²) in [5, 5.41) is 3.39. The van der Waals surface area contributed by atoms with Crippen LogP contribution in [-0.2, 0) is 4.74 Å². The molecule has 2 fully saturated rings. The average Bonchev–Trinajstić information content (AvgIpc) is 2.34. The molecule has 17 heavy (non-hydrogen) atoms. The van der Waals surface area contributed by atoms with Crippen LogP contribution in [0.15, 0.2) is 0 Å². The fourth-order valence-electron chi connectivity index (χ4n) is 2.97. The third-order valence-corrected chi connectivity index (χ3v) is 4.13. The van der Waals surface area contributed by atoms with Crippen LogP contribution in [0.1, 0.15) is 25.7 Å². The van der Waals surface area contributed by atoms with Gasteiger partial charge in [0.1, 0.15) is 5.67 Å². The minimum Gasteiger partial charge on any atom is -0.381 e. The maximum atomic E-state index is 14.2. The Bertz CT molecular complexity index is 223. The van der Waals surface area contributed by atoms with Crippen molar-refractivity contribution in [2.75, 3.05) is 46.4 Å². The Labute approximate surface area is 104 Å². The van der Waals surface area contributed by atoms with E-state index in [4.69, 9.17) is 4.74 Å². The summed E-state index contributed by atoms with van der Waals surface area (Å²) in [7, 11) is 1.59. The lowest BCUT2D eigenvalue weighted by atomic mass is 9.92. The van der Waals surface area contributed by atoms with E-state index in [0.29, 0.717) is 12.8 Å². The third-order valence-electron chi connectivity index (χ3n) is 4.13. The first kappa shape index (κ1) is 13.2. The van der Waals surface area contributed by atoms with Gasteiger partial charge in [-0.05, 0) is 44.7 Å². The van der Waals surface area contributed by atoms with Gasteiger partial charge in [0.2, 0.25) is 0 Å². The number of alkyl halides is 1. The molecule has 0 aromatic carbocycles. The summed E-state index contributed by atoms with van der Waals surface area (Å²) in [5.41, 5.74) is -1.07. The highest BCUT2D eigenvalue weighted by molar-refractivity contribution is 4.87. The second-order valence-corrected chi connectivity index (χ2v) is 5.58. The predicted molar refractivity (Wildman–Crippen MR) is 67.0 cm³/mol. The maximum absolute atomic E-state index is 14.2. The first-order valence-corrected chi connectivity index (χ1v) is 6.83. The number of nitrogens with zero attached hydrogens (tertiary/aromatic N) is 1. The van der Waals surface area contributed by atoms with Gasteiger partial charge in [0, 0.05) is 26.7 Å². The van der Waals surface area contributed by atoms with Crippen molar-refractivity contribution >= 4 is 0 Å². The Hall–Kier alpha value is -0.190. The van der Waals surface area contributed by atoms with Crippen LogP contribution in [0.5, 0.6) is 0 Å². The van der Waals surface area contributed by atoms with Crippen molar-refractivity contribution in [3.8, 4) is 0 Å². The van der Waals surface area contributed by atoms with E-state index in [2.05, 4.69) is 10.2 Å². The van der Waals surface area contributed by atoms with E-state index in [0.717, 1.165) is 38.6 Å². The van der Waals surface area contributed by atoms with E-state index in [1.807, 2.05) is 0 Å². The van der Waals surface area contributed by atoms with Gasteiger partial charge in [-0.2, -0.15) is 0 Å². The molecule has 3 nitrogen and oxygen atoms in total. The smallest absolute Gasteiger partial charge is 0.136 e. The highest BCUT2D eigenvalue weighted by atomic mass is 19.1. The van der Waals surface area contributed by atoms with E-state index in [1.165, 1.54) is 12.8 Å². The third kappa shape index (κ3) is 3.90. The number of methoxy groups -OCH3 is 1. The Morgan fingerprint density at radius 1 is 1.29 bits per heavy atom. The molecule has 100 valence electrons. The first-order chi connectivity index (χ1) is 8.22. The average molecular weight is 244 g/mol. The van der Waals surface area contributed by atoms with E-state index in [9.17, 15) is 4.39 Å². The SMILES string of the molecule is COCC1(F)CCN(CC2CCNCC2)CC1. The standard InChI is InChI=1S/C13H25FN2O/c1-17-11-13(14)4-8-16(9-5-13)10-12-2-6-15-7-3-12/h12,15H,2-11H2,1H3. The Kier molecular flexibility index (Phi) is 4.77. The number of piperidine rings is 2. The Morgan fingerprint density at radius 2 is 1.94 bits per heavy atom. The van der Waals surface area contributed by atoms with Crippen molar-refractivity contribution in [1.29, 1.82) is 0 Å². The van der Waals surface area contributed by atoms with Crippen LogP contribution in [0, 0.1) is 5.92 Å². The largest absolute Gasteiger partial charge is 0.381 e. The lowest BCUT2D eigenvalue weighted by Gasteiger charge is -2.38. The van der Waals surface area contributed by atoms with E-state index in [-0.39, 0.29) is 6.61 Å². The zero-order valence-corrected chi connectivity index (χ0v) is 10.9. The second kappa shape index (κ2) is 6.12. The molecule has 0 atom stereocenters. The van der Waals surface area contributed by atoms with Crippen LogP contribution in [-0.4, -0.2) is 57.0 Å². The van der Waals surface area contributed by atoms with Crippen LogP contribution in [0.25, 0.3) is 0 Å². The molecule has 2 aliphatic rings. The fourth-order valence-corrected chi connectivity index (χ4v) is 2.97. The number of hydrogen-bond donors (Lipinski definition) is 1. The number of likely N-dealkylation sites (tertiary alicyclic amines) is 1. The molecule has 0 spiro atoms. The lowest BCUT2D eigenvalue weighted by Crippen LogP contribution is -2.46. The molecule has 2 aliphatic heterocycles. The van der Waals surface area contributed by atoms with Gasteiger partial charge < -0.3 is 15.0 Å². The molecule has 0 amide bonds. The van der Waals surface area contributed by atoms with Crippen molar-refractivity contribution in [1.82, 2.24) is 10.2 Å². The molecule has 2 saturated heterocycles. The Morgan fingerprint density at radius 3 is 2.53 bits per heavy atom. The summed E-state index contributed by atoms with van der Waals surface area (Å²) < 4.78 is 19.1. The number of nitrogens with one attached hydrogen (secondary N) is 1. The molecule has 4 heteroatoms. The van der Waals surface area contributed by atoms with Gasteiger partial charge in [-0.1, -0.05) is 0 Å². The van der Waals surface area contributed by atoms with E-state index in [1.54, 1.807) is 7.11 Å². The number of hydrogen-bond acceptors (Lipinski definition) is 3. The molecule has 0 saturated carbocycles. The van der Waals surface area contributed by atoms with Gasteiger partial charge >= 0.3 is 0 Å². The van der Waals surface area contributed by atoms with Gasteiger partial charge in [-0.3, -0.25) is 0 Å². The quantitative estimate of drug-likeness (QED) is 0.810. The molecular formula is C13H25FN2O. The van der Waals surface area contributed by atoms with Crippen molar-refractivity contribution in [3.63, 3.8) is 0 Å². The number of rotatable bonds is 4. The summed E-state index contributed by atoms with van der Waals surface area (Å²) in [6, 6.07) is 0. The predicted octanol–water partition coefficient (Wildman–Crippen LogP) is 1.44. The van der Waals surface area contributed by atoms with Crippen LogP contribution < -0.4 is 5.32 Å². The van der Waals surface area contributed by atoms with Crippen molar-refractivity contribution < 1.29 is 9.13 Å². The first-order valence-electron chi connectivity index (χ1n) is 6.83. The van der Waals surface area contributed by atoms with Gasteiger partial charge in [-0.25, -0.2) is 4.39 Å². The molecule has 2 heterocycles. The molecule has 2 rings (SSSR count). The number of halogens is 1. The summed E-state index contributed by atoms with van der Waals surface area (Å²) in [5.74, 6) is 0.811. The zero-order valence-electron chi connectivity index (χ0n) is 10.9. The van der Waals surface area contributed by atoms with Gasteiger partial charge in [0.25, 0.3) is 0 Å². The van der Waals surface area contributed by atoms with Gasteiger partial charge in [-0.15, -0.1) is 0 Å². The van der Waals surface area contributed by atoms with Gasteiger partial charge in [0.15, 0.2) is 0 Å². The number of ether oxygens (including phenoxy) is 1. The zero-order chi connectivity index (χ0) is 12.1. The van der Waals surface area contributed by atoms with Gasteiger partial charge in [0.05, 0.1) is 6.61 Å². The fraction of sp³-hybridized carbons (Fsp3) is 1.00. The molecule has 0 aromatic rings. The molecule has 0 aromatic heterocycles. The second-order valence-electron chi connectivity index (χ2n) is 5.58. The van der Waals surface area contributed by atoms with Crippen molar-refractivity contribution in [2.45, 2.75) is 31.4 Å². The van der Waals surface area contributed by atoms with Crippen LogP contribution in [0.4, 0.5) is 4.39 Å². The van der Waals surface area contributed by atoms with Crippen LogP contribution in [0.3, 0.4) is 0 Å². The molecule has 0 unspecified atom stereocenters. The monoisotopic (exact) mass is 244 g/mol. The summed E-state index contributed by atoms with van der Waals surface area (Å²) in [4.78, 5) is 2.43. The van der Waals surface area contributed by atoms with Crippen molar-refractivity contribution in [2.24, 2.45) is 5.92 Å². The molecule has 1 N–H and O–H groups in total. The highest BCUT2D eigenvalue weighted by Gasteiger charge is 2.34. The van der Waals surface area contributed by atoms with Crippen LogP contribution >= 0.6 is 0 Å². The van der Waals surface area contributed by atoms with E-state index < -0.39 is 5.67 Å². The molecular weight excluding hydrogens is 219 g/mol. The molecule has 0 radical (unpaired) electrons. The van der Waals surface area contributed by atoms with Crippen LogP contribution in [0.2, 0.25) is 0 Å². The van der Waals surface area contributed by atoms with Crippen molar-refractivity contribution in [3.05, 3.63) is 0 Å². The Balaban J connectivity index is 1.71. The summed E-state index contributed by atoms with van der Waals surface area (Å²) >= 11 is 0.